The van der Waals surface area contributed by atoms with Crippen molar-refractivity contribution in [1.82, 2.24) is 0 Å². The standard InChI is InChI=1S/C42H29NS/c1-4-13-30(14-5-1)31-23-25-34(26-24-31)43(35-27-28-38-37-19-10-11-22-40(37)44-41(38)29-35)39-21-12-20-36(32-15-6-2-7-16-32)42(39)33-17-8-3-9-18-33/h1-29H. The maximum atomic E-state index is 2.42. The summed E-state index contributed by atoms with van der Waals surface area (Å²) < 4.78 is 2.60. The Morgan fingerprint density at radius 1 is 0.364 bits per heavy atom. The van der Waals surface area contributed by atoms with Gasteiger partial charge in [-0.3, -0.25) is 0 Å². The van der Waals surface area contributed by atoms with Crippen LogP contribution in [0.4, 0.5) is 17.1 Å². The van der Waals surface area contributed by atoms with Crippen LogP contribution in [0.1, 0.15) is 0 Å². The Kier molecular flexibility index (Phi) is 6.75. The van der Waals surface area contributed by atoms with Crippen molar-refractivity contribution >= 4 is 48.6 Å². The molecule has 8 aromatic rings. The van der Waals surface area contributed by atoms with Crippen molar-refractivity contribution in [2.45, 2.75) is 0 Å². The summed E-state index contributed by atoms with van der Waals surface area (Å²) in [6.07, 6.45) is 0. The molecular weight excluding hydrogens is 551 g/mol. The average molecular weight is 580 g/mol. The molecule has 2 heteroatoms. The van der Waals surface area contributed by atoms with E-state index in [4.69, 9.17) is 0 Å². The van der Waals surface area contributed by atoms with E-state index in [2.05, 4.69) is 181 Å². The SMILES string of the molecule is c1ccc(-c2ccc(N(c3ccc4c(c3)sc3ccccc34)c3cccc(-c4ccccc4)c3-c3ccccc3)cc2)cc1. The largest absolute Gasteiger partial charge is 0.310 e. The molecule has 0 unspecified atom stereocenters. The second-order valence-corrected chi connectivity index (χ2v) is 12.0. The van der Waals surface area contributed by atoms with Gasteiger partial charge < -0.3 is 4.90 Å². The van der Waals surface area contributed by atoms with E-state index >= 15 is 0 Å². The first-order chi connectivity index (χ1) is 21.8. The fraction of sp³-hybridized carbons (Fsp3) is 0. The van der Waals surface area contributed by atoms with Gasteiger partial charge in [0.2, 0.25) is 0 Å². The summed E-state index contributed by atoms with van der Waals surface area (Å²) in [5.41, 5.74) is 10.6. The molecule has 0 saturated heterocycles. The highest BCUT2D eigenvalue weighted by molar-refractivity contribution is 7.25. The van der Waals surface area contributed by atoms with Crippen molar-refractivity contribution < 1.29 is 0 Å². The Bertz CT molecular complexity index is 2200. The third kappa shape index (κ3) is 4.76. The molecule has 0 atom stereocenters. The zero-order valence-electron chi connectivity index (χ0n) is 24.1. The lowest BCUT2D eigenvalue weighted by atomic mass is 9.92. The predicted molar refractivity (Wildman–Crippen MR) is 190 cm³/mol. The number of fused-ring (bicyclic) bond motifs is 3. The van der Waals surface area contributed by atoms with Gasteiger partial charge >= 0.3 is 0 Å². The highest BCUT2D eigenvalue weighted by atomic mass is 32.1. The number of rotatable bonds is 6. The molecule has 1 nitrogen and oxygen atoms in total. The van der Waals surface area contributed by atoms with Crippen LogP contribution >= 0.6 is 11.3 Å². The van der Waals surface area contributed by atoms with Crippen molar-refractivity contribution in [3.8, 4) is 33.4 Å². The minimum absolute atomic E-state index is 1.12. The topological polar surface area (TPSA) is 3.24 Å². The third-order valence-corrected chi connectivity index (χ3v) is 9.42. The average Bonchev–Trinajstić information content (AvgIpc) is 3.48. The summed E-state index contributed by atoms with van der Waals surface area (Å²) in [4.78, 5) is 2.42. The second-order valence-electron chi connectivity index (χ2n) is 11.0. The van der Waals surface area contributed by atoms with Crippen molar-refractivity contribution in [2.75, 3.05) is 4.90 Å². The van der Waals surface area contributed by atoms with Crippen molar-refractivity contribution in [3.63, 3.8) is 0 Å². The third-order valence-electron chi connectivity index (χ3n) is 8.28. The number of anilines is 3. The molecule has 0 aliphatic rings. The Morgan fingerprint density at radius 2 is 0.932 bits per heavy atom. The summed E-state index contributed by atoms with van der Waals surface area (Å²) in [7, 11) is 0. The molecule has 0 aliphatic heterocycles. The van der Waals surface area contributed by atoms with Crippen LogP contribution in [0, 0.1) is 0 Å². The highest BCUT2D eigenvalue weighted by Gasteiger charge is 2.21. The first-order valence-corrected chi connectivity index (χ1v) is 15.8. The predicted octanol–water partition coefficient (Wildman–Crippen LogP) is 12.5. The van der Waals surface area contributed by atoms with Gasteiger partial charge in [-0.1, -0.05) is 140 Å². The molecule has 0 bridgehead atoms. The van der Waals surface area contributed by atoms with Gasteiger partial charge in [-0.05, 0) is 64.2 Å². The van der Waals surface area contributed by atoms with Crippen LogP contribution < -0.4 is 4.90 Å². The smallest absolute Gasteiger partial charge is 0.0546 e. The van der Waals surface area contributed by atoms with Gasteiger partial charge in [0.05, 0.1) is 5.69 Å². The molecule has 1 aromatic heterocycles. The van der Waals surface area contributed by atoms with E-state index in [-0.39, 0.29) is 0 Å². The maximum absolute atomic E-state index is 2.42. The highest BCUT2D eigenvalue weighted by Crippen LogP contribution is 2.47. The first-order valence-electron chi connectivity index (χ1n) is 14.9. The van der Waals surface area contributed by atoms with Crippen LogP contribution in [0.2, 0.25) is 0 Å². The number of benzene rings is 7. The molecule has 0 fully saturated rings. The van der Waals surface area contributed by atoms with E-state index < -0.39 is 0 Å². The Morgan fingerprint density at radius 3 is 1.66 bits per heavy atom. The number of nitrogens with zero attached hydrogens (tertiary/aromatic N) is 1. The summed E-state index contributed by atoms with van der Waals surface area (Å²) in [6.45, 7) is 0. The summed E-state index contributed by atoms with van der Waals surface area (Å²) in [5.74, 6) is 0. The summed E-state index contributed by atoms with van der Waals surface area (Å²) in [5, 5.41) is 2.61. The lowest BCUT2D eigenvalue weighted by molar-refractivity contribution is 1.29. The molecule has 0 saturated carbocycles. The minimum atomic E-state index is 1.12. The van der Waals surface area contributed by atoms with Crippen molar-refractivity contribution in [1.29, 1.82) is 0 Å². The lowest BCUT2D eigenvalue weighted by Crippen LogP contribution is -2.11. The number of hydrogen-bond donors (Lipinski definition) is 0. The minimum Gasteiger partial charge on any atom is -0.310 e. The van der Waals surface area contributed by atoms with Gasteiger partial charge in [0.1, 0.15) is 0 Å². The molecule has 0 N–H and O–H groups in total. The normalized spacial score (nSPS) is 11.2. The van der Waals surface area contributed by atoms with Crippen LogP contribution in [-0.4, -0.2) is 0 Å². The maximum Gasteiger partial charge on any atom is 0.0546 e. The zero-order valence-corrected chi connectivity index (χ0v) is 24.9. The molecule has 7 aromatic carbocycles. The molecule has 44 heavy (non-hydrogen) atoms. The molecule has 0 amide bonds. The van der Waals surface area contributed by atoms with Crippen LogP contribution in [0.15, 0.2) is 176 Å². The van der Waals surface area contributed by atoms with E-state index in [0.717, 1.165) is 17.1 Å². The number of thiophene rings is 1. The van der Waals surface area contributed by atoms with Crippen molar-refractivity contribution in [3.05, 3.63) is 176 Å². The van der Waals surface area contributed by atoms with Gasteiger partial charge in [0.15, 0.2) is 0 Å². The summed E-state index contributed by atoms with van der Waals surface area (Å²) in [6, 6.07) is 63.4. The Labute approximate surface area is 261 Å². The molecule has 1 heterocycles. The van der Waals surface area contributed by atoms with Crippen LogP contribution in [0.25, 0.3) is 53.6 Å². The van der Waals surface area contributed by atoms with Gasteiger partial charge in [0.25, 0.3) is 0 Å². The number of hydrogen-bond acceptors (Lipinski definition) is 2. The summed E-state index contributed by atoms with van der Waals surface area (Å²) >= 11 is 1.86. The first kappa shape index (κ1) is 26.2. The fourth-order valence-electron chi connectivity index (χ4n) is 6.21. The molecular formula is C42H29NS. The van der Waals surface area contributed by atoms with E-state index in [1.807, 2.05) is 11.3 Å². The quantitative estimate of drug-likeness (QED) is 0.189. The monoisotopic (exact) mass is 579 g/mol. The van der Waals surface area contributed by atoms with Crippen molar-refractivity contribution in [2.24, 2.45) is 0 Å². The molecule has 0 spiro atoms. The van der Waals surface area contributed by atoms with E-state index in [1.54, 1.807) is 0 Å². The fourth-order valence-corrected chi connectivity index (χ4v) is 7.35. The van der Waals surface area contributed by atoms with Gasteiger partial charge in [-0.15, -0.1) is 11.3 Å². The Balaban J connectivity index is 1.38. The van der Waals surface area contributed by atoms with E-state index in [0.29, 0.717) is 0 Å². The molecule has 208 valence electrons. The van der Waals surface area contributed by atoms with Crippen LogP contribution in [0.5, 0.6) is 0 Å². The second kappa shape index (κ2) is 11.3. The lowest BCUT2D eigenvalue weighted by Gasteiger charge is -2.29. The molecule has 0 aliphatic carbocycles. The van der Waals surface area contributed by atoms with Crippen LogP contribution in [-0.2, 0) is 0 Å². The van der Waals surface area contributed by atoms with Gasteiger partial charge in [-0.25, -0.2) is 0 Å². The van der Waals surface area contributed by atoms with Crippen LogP contribution in [0.3, 0.4) is 0 Å². The van der Waals surface area contributed by atoms with Gasteiger partial charge in [-0.2, -0.15) is 0 Å². The zero-order chi connectivity index (χ0) is 29.3. The molecule has 0 radical (unpaired) electrons. The van der Waals surface area contributed by atoms with Gasteiger partial charge in [0, 0.05) is 37.1 Å². The van der Waals surface area contributed by atoms with E-state index in [9.17, 15) is 0 Å². The molecule has 8 rings (SSSR count). The Hall–Kier alpha value is -5.44. The van der Waals surface area contributed by atoms with E-state index in [1.165, 1.54) is 53.6 Å².